The summed E-state index contributed by atoms with van der Waals surface area (Å²) in [5, 5.41) is 3.64. The lowest BCUT2D eigenvalue weighted by molar-refractivity contribution is 0.509. The highest BCUT2D eigenvalue weighted by atomic mass is 32.1. The fourth-order valence-electron chi connectivity index (χ4n) is 1.64. The molecule has 1 aromatic carbocycles. The van der Waals surface area contributed by atoms with Crippen LogP contribution in [0.5, 0.6) is 0 Å². The predicted octanol–water partition coefficient (Wildman–Crippen LogP) is 3.23. The number of hydrogen-bond acceptors (Lipinski definition) is 4. The van der Waals surface area contributed by atoms with Crippen molar-refractivity contribution in [2.45, 2.75) is 19.9 Å². The SMILES string of the molecule is CCc1cnc(CNc2ccc(C(N)=S)c(F)c2F)s1. The normalized spacial score (nSPS) is 10.6. The van der Waals surface area contributed by atoms with E-state index in [2.05, 4.69) is 22.5 Å². The molecule has 0 amide bonds. The molecule has 106 valence electrons. The lowest BCUT2D eigenvalue weighted by Gasteiger charge is -2.09. The maximum absolute atomic E-state index is 13.8. The van der Waals surface area contributed by atoms with Crippen molar-refractivity contribution in [2.75, 3.05) is 5.32 Å². The summed E-state index contributed by atoms with van der Waals surface area (Å²) < 4.78 is 27.5. The number of rotatable bonds is 5. The Morgan fingerprint density at radius 3 is 2.75 bits per heavy atom. The molecule has 0 spiro atoms. The van der Waals surface area contributed by atoms with Gasteiger partial charge in [-0.25, -0.2) is 13.8 Å². The number of benzene rings is 1. The minimum atomic E-state index is -1.03. The van der Waals surface area contributed by atoms with E-state index >= 15 is 0 Å². The number of aryl methyl sites for hydroxylation is 1. The third-order valence-electron chi connectivity index (χ3n) is 2.73. The Bertz CT molecular complexity index is 641. The van der Waals surface area contributed by atoms with Crippen LogP contribution >= 0.6 is 23.6 Å². The molecule has 1 aromatic heterocycles. The zero-order valence-corrected chi connectivity index (χ0v) is 12.4. The monoisotopic (exact) mass is 313 g/mol. The van der Waals surface area contributed by atoms with Crippen LogP contribution in [0.1, 0.15) is 22.4 Å². The lowest BCUT2D eigenvalue weighted by Crippen LogP contribution is -2.13. The van der Waals surface area contributed by atoms with Crippen molar-refractivity contribution >= 4 is 34.2 Å². The highest BCUT2D eigenvalue weighted by Crippen LogP contribution is 2.22. The van der Waals surface area contributed by atoms with Gasteiger partial charge in [0.2, 0.25) is 0 Å². The number of thiazole rings is 1. The van der Waals surface area contributed by atoms with Crippen LogP contribution in [0.15, 0.2) is 18.3 Å². The molecule has 0 unspecified atom stereocenters. The molecule has 0 aliphatic rings. The highest BCUT2D eigenvalue weighted by molar-refractivity contribution is 7.80. The maximum atomic E-state index is 13.8. The van der Waals surface area contributed by atoms with Gasteiger partial charge in [-0.05, 0) is 18.6 Å². The lowest BCUT2D eigenvalue weighted by atomic mass is 10.2. The quantitative estimate of drug-likeness (QED) is 0.832. The van der Waals surface area contributed by atoms with Gasteiger partial charge >= 0.3 is 0 Å². The molecule has 0 atom stereocenters. The Labute approximate surface area is 124 Å². The third kappa shape index (κ3) is 3.10. The number of nitrogens with two attached hydrogens (primary N) is 1. The largest absolute Gasteiger partial charge is 0.389 e. The summed E-state index contributed by atoms with van der Waals surface area (Å²) >= 11 is 6.19. The average Bonchev–Trinajstić information content (AvgIpc) is 2.88. The van der Waals surface area contributed by atoms with Gasteiger partial charge in [0.25, 0.3) is 0 Å². The van der Waals surface area contributed by atoms with E-state index < -0.39 is 11.6 Å². The summed E-state index contributed by atoms with van der Waals surface area (Å²) in [5.74, 6) is -2.02. The topological polar surface area (TPSA) is 50.9 Å². The second kappa shape index (κ2) is 6.23. The smallest absolute Gasteiger partial charge is 0.182 e. The second-order valence-electron chi connectivity index (χ2n) is 4.08. The fourth-order valence-corrected chi connectivity index (χ4v) is 2.60. The average molecular weight is 313 g/mol. The molecule has 20 heavy (non-hydrogen) atoms. The van der Waals surface area contributed by atoms with Gasteiger partial charge in [0.15, 0.2) is 11.6 Å². The third-order valence-corrected chi connectivity index (χ3v) is 4.09. The van der Waals surface area contributed by atoms with Gasteiger partial charge in [-0.15, -0.1) is 11.3 Å². The molecule has 0 radical (unpaired) electrons. The molecule has 0 aliphatic heterocycles. The first-order chi connectivity index (χ1) is 9.52. The molecule has 3 N–H and O–H groups in total. The number of nitrogens with one attached hydrogen (secondary N) is 1. The number of aromatic nitrogens is 1. The minimum absolute atomic E-state index is 0.0655. The molecule has 0 bridgehead atoms. The van der Waals surface area contributed by atoms with Crippen LogP contribution in [0.2, 0.25) is 0 Å². The Morgan fingerprint density at radius 1 is 1.40 bits per heavy atom. The molecular formula is C13H13F2N3S2. The van der Waals surface area contributed by atoms with Crippen LogP contribution < -0.4 is 11.1 Å². The van der Waals surface area contributed by atoms with E-state index in [0.29, 0.717) is 6.54 Å². The van der Waals surface area contributed by atoms with E-state index in [1.54, 1.807) is 6.20 Å². The van der Waals surface area contributed by atoms with E-state index in [0.717, 1.165) is 16.3 Å². The standard InChI is InChI=1S/C13H13F2N3S2/c1-2-7-5-18-10(20-7)6-17-9-4-3-8(13(16)19)11(14)12(9)15/h3-5,17H,2,6H2,1H3,(H2,16,19). The van der Waals surface area contributed by atoms with Crippen molar-refractivity contribution in [3.8, 4) is 0 Å². The van der Waals surface area contributed by atoms with E-state index in [-0.39, 0.29) is 16.2 Å². The van der Waals surface area contributed by atoms with Gasteiger partial charge in [0.1, 0.15) is 10.00 Å². The number of hydrogen-bond donors (Lipinski definition) is 2. The molecule has 1 heterocycles. The molecule has 0 fully saturated rings. The first-order valence-electron chi connectivity index (χ1n) is 5.98. The second-order valence-corrected chi connectivity index (χ2v) is 5.72. The molecule has 2 rings (SSSR count). The van der Waals surface area contributed by atoms with Gasteiger partial charge in [0, 0.05) is 16.6 Å². The van der Waals surface area contributed by atoms with Gasteiger partial charge in [-0.2, -0.15) is 0 Å². The van der Waals surface area contributed by atoms with E-state index in [9.17, 15) is 8.78 Å². The molecule has 2 aromatic rings. The van der Waals surface area contributed by atoms with E-state index in [1.165, 1.54) is 23.5 Å². The van der Waals surface area contributed by atoms with Crippen LogP contribution in [0, 0.1) is 11.6 Å². The maximum Gasteiger partial charge on any atom is 0.182 e. The molecule has 0 saturated carbocycles. The summed E-state index contributed by atoms with van der Waals surface area (Å²) in [7, 11) is 0. The summed E-state index contributed by atoms with van der Waals surface area (Å²) in [6.07, 6.45) is 2.69. The van der Waals surface area contributed by atoms with Crippen LogP contribution in [-0.4, -0.2) is 9.97 Å². The van der Waals surface area contributed by atoms with Gasteiger partial charge in [-0.1, -0.05) is 19.1 Å². The highest BCUT2D eigenvalue weighted by Gasteiger charge is 2.15. The van der Waals surface area contributed by atoms with Crippen molar-refractivity contribution in [3.05, 3.63) is 45.4 Å². The van der Waals surface area contributed by atoms with Crippen LogP contribution in [-0.2, 0) is 13.0 Å². The Balaban J connectivity index is 2.14. The Kier molecular flexibility index (Phi) is 4.61. The molecular weight excluding hydrogens is 300 g/mol. The predicted molar refractivity (Wildman–Crippen MR) is 81.1 cm³/mol. The number of nitrogens with zero attached hydrogens (tertiary/aromatic N) is 1. The van der Waals surface area contributed by atoms with E-state index in [1.807, 2.05) is 6.92 Å². The number of halogens is 2. The summed E-state index contributed by atoms with van der Waals surface area (Å²) in [4.78, 5) is 5.18. The molecule has 3 nitrogen and oxygen atoms in total. The van der Waals surface area contributed by atoms with Crippen LogP contribution in [0.25, 0.3) is 0 Å². The summed E-state index contributed by atoms with van der Waals surface area (Å²) in [6, 6.07) is 2.78. The zero-order chi connectivity index (χ0) is 14.7. The summed E-state index contributed by atoms with van der Waals surface area (Å²) in [6.45, 7) is 2.38. The first kappa shape index (κ1) is 14.8. The number of anilines is 1. The minimum Gasteiger partial charge on any atom is -0.389 e. The first-order valence-corrected chi connectivity index (χ1v) is 7.20. The zero-order valence-electron chi connectivity index (χ0n) is 10.7. The molecule has 7 heteroatoms. The van der Waals surface area contributed by atoms with Crippen molar-refractivity contribution < 1.29 is 8.78 Å². The van der Waals surface area contributed by atoms with Gasteiger partial charge < -0.3 is 11.1 Å². The Hall–Kier alpha value is -1.60. The molecule has 0 saturated heterocycles. The van der Waals surface area contributed by atoms with Gasteiger partial charge in [-0.3, -0.25) is 0 Å². The van der Waals surface area contributed by atoms with E-state index in [4.69, 9.17) is 5.73 Å². The van der Waals surface area contributed by atoms with Crippen LogP contribution in [0.3, 0.4) is 0 Å². The van der Waals surface area contributed by atoms with Crippen molar-refractivity contribution in [3.63, 3.8) is 0 Å². The Morgan fingerprint density at radius 2 is 2.15 bits per heavy atom. The van der Waals surface area contributed by atoms with Gasteiger partial charge in [0.05, 0.1) is 12.2 Å². The van der Waals surface area contributed by atoms with Crippen molar-refractivity contribution in [2.24, 2.45) is 5.73 Å². The van der Waals surface area contributed by atoms with Crippen molar-refractivity contribution in [1.29, 1.82) is 0 Å². The van der Waals surface area contributed by atoms with Crippen molar-refractivity contribution in [1.82, 2.24) is 4.98 Å². The van der Waals surface area contributed by atoms with Crippen LogP contribution in [0.4, 0.5) is 14.5 Å². The number of thiocarbonyl (C=S) groups is 1. The fraction of sp³-hybridized carbons (Fsp3) is 0.231. The summed E-state index contributed by atoms with van der Waals surface area (Å²) in [5.41, 5.74) is 5.29. The molecule has 0 aliphatic carbocycles.